The predicted molar refractivity (Wildman–Crippen MR) is 72.4 cm³/mol. The first kappa shape index (κ1) is 13.9. The standard InChI is InChI=1S/C15H27NO2/c1-3-12-4-6-14(7-5-12)16-10-8-13(9-11-16)15(17)18-2/h12-14H,3-11H2,1-2H3. The van der Waals surface area contributed by atoms with Crippen LogP contribution in [0.3, 0.4) is 0 Å². The number of likely N-dealkylation sites (tertiary alicyclic amines) is 1. The number of esters is 1. The number of rotatable bonds is 3. The fourth-order valence-corrected chi connectivity index (χ4v) is 3.59. The first-order valence-electron chi connectivity index (χ1n) is 7.56. The summed E-state index contributed by atoms with van der Waals surface area (Å²) in [5.74, 6) is 1.11. The van der Waals surface area contributed by atoms with Crippen LogP contribution in [0.2, 0.25) is 0 Å². The van der Waals surface area contributed by atoms with Gasteiger partial charge in [-0.15, -0.1) is 0 Å². The lowest BCUT2D eigenvalue weighted by atomic mass is 9.83. The number of hydrogen-bond acceptors (Lipinski definition) is 3. The highest BCUT2D eigenvalue weighted by Gasteiger charge is 2.31. The summed E-state index contributed by atoms with van der Waals surface area (Å²) in [4.78, 5) is 14.1. The van der Waals surface area contributed by atoms with Gasteiger partial charge in [0.1, 0.15) is 0 Å². The van der Waals surface area contributed by atoms with E-state index in [4.69, 9.17) is 4.74 Å². The number of ether oxygens (including phenoxy) is 1. The average Bonchev–Trinajstić information content (AvgIpc) is 2.47. The fraction of sp³-hybridized carbons (Fsp3) is 0.933. The van der Waals surface area contributed by atoms with Gasteiger partial charge in [-0.25, -0.2) is 0 Å². The van der Waals surface area contributed by atoms with Crippen LogP contribution < -0.4 is 0 Å². The van der Waals surface area contributed by atoms with E-state index in [1.807, 2.05) is 0 Å². The van der Waals surface area contributed by atoms with Crippen molar-refractivity contribution in [2.45, 2.75) is 57.9 Å². The third kappa shape index (κ3) is 3.25. The molecular formula is C15H27NO2. The van der Waals surface area contributed by atoms with Crippen molar-refractivity contribution in [2.75, 3.05) is 20.2 Å². The van der Waals surface area contributed by atoms with E-state index in [0.717, 1.165) is 37.9 Å². The lowest BCUT2D eigenvalue weighted by Gasteiger charge is -2.40. The van der Waals surface area contributed by atoms with Gasteiger partial charge >= 0.3 is 5.97 Å². The van der Waals surface area contributed by atoms with Crippen molar-refractivity contribution in [1.82, 2.24) is 4.90 Å². The van der Waals surface area contributed by atoms with E-state index < -0.39 is 0 Å². The Labute approximate surface area is 111 Å². The SMILES string of the molecule is CCC1CCC(N2CCC(C(=O)OC)CC2)CC1. The van der Waals surface area contributed by atoms with E-state index >= 15 is 0 Å². The minimum absolute atomic E-state index is 0.00987. The van der Waals surface area contributed by atoms with Crippen molar-refractivity contribution in [2.24, 2.45) is 11.8 Å². The topological polar surface area (TPSA) is 29.5 Å². The second kappa shape index (κ2) is 6.55. The number of carbonyl (C=O) groups is 1. The van der Waals surface area contributed by atoms with Crippen LogP contribution in [0.1, 0.15) is 51.9 Å². The second-order valence-electron chi connectivity index (χ2n) is 5.92. The lowest BCUT2D eigenvalue weighted by Crippen LogP contribution is -2.44. The van der Waals surface area contributed by atoms with Crippen molar-refractivity contribution in [3.05, 3.63) is 0 Å². The summed E-state index contributed by atoms with van der Waals surface area (Å²) in [6, 6.07) is 0.784. The molecule has 0 unspecified atom stereocenters. The Hall–Kier alpha value is -0.570. The molecule has 1 saturated carbocycles. The van der Waals surface area contributed by atoms with Crippen molar-refractivity contribution < 1.29 is 9.53 Å². The molecule has 0 radical (unpaired) electrons. The van der Waals surface area contributed by atoms with Gasteiger partial charge in [0.25, 0.3) is 0 Å². The molecule has 3 heteroatoms. The molecule has 0 spiro atoms. The van der Waals surface area contributed by atoms with E-state index in [2.05, 4.69) is 11.8 Å². The molecule has 0 aromatic rings. The molecule has 0 bridgehead atoms. The van der Waals surface area contributed by atoms with Gasteiger partial charge in [-0.3, -0.25) is 4.79 Å². The summed E-state index contributed by atoms with van der Waals surface area (Å²) < 4.78 is 4.84. The van der Waals surface area contributed by atoms with Gasteiger partial charge in [-0.05, 0) is 57.5 Å². The van der Waals surface area contributed by atoms with Crippen molar-refractivity contribution >= 4 is 5.97 Å². The van der Waals surface area contributed by atoms with Crippen molar-refractivity contribution in [3.8, 4) is 0 Å². The van der Waals surface area contributed by atoms with Gasteiger partial charge in [-0.2, -0.15) is 0 Å². The monoisotopic (exact) mass is 253 g/mol. The highest BCUT2D eigenvalue weighted by atomic mass is 16.5. The van der Waals surface area contributed by atoms with Crippen LogP contribution in [0.5, 0.6) is 0 Å². The zero-order valence-corrected chi connectivity index (χ0v) is 11.9. The molecule has 1 aliphatic carbocycles. The largest absolute Gasteiger partial charge is 0.469 e. The van der Waals surface area contributed by atoms with Crippen LogP contribution in [0.15, 0.2) is 0 Å². The molecule has 0 aromatic carbocycles. The zero-order chi connectivity index (χ0) is 13.0. The molecule has 0 atom stereocenters. The molecular weight excluding hydrogens is 226 g/mol. The van der Waals surface area contributed by atoms with E-state index in [1.54, 1.807) is 0 Å². The molecule has 0 aromatic heterocycles. The van der Waals surface area contributed by atoms with E-state index in [9.17, 15) is 4.79 Å². The third-order valence-corrected chi connectivity index (χ3v) is 4.97. The van der Waals surface area contributed by atoms with Crippen LogP contribution in [-0.2, 0) is 9.53 Å². The zero-order valence-electron chi connectivity index (χ0n) is 11.9. The first-order valence-corrected chi connectivity index (χ1v) is 7.56. The summed E-state index contributed by atoms with van der Waals surface area (Å²) in [5.41, 5.74) is 0. The van der Waals surface area contributed by atoms with Gasteiger partial charge in [0.2, 0.25) is 0 Å². The Kier molecular flexibility index (Phi) is 5.04. The highest BCUT2D eigenvalue weighted by molar-refractivity contribution is 5.72. The molecule has 1 heterocycles. The molecule has 2 fully saturated rings. The Bertz CT molecular complexity index is 264. The van der Waals surface area contributed by atoms with Gasteiger partial charge in [0, 0.05) is 6.04 Å². The molecule has 0 amide bonds. The predicted octanol–water partition coefficient (Wildman–Crippen LogP) is 2.84. The van der Waals surface area contributed by atoms with Crippen LogP contribution in [0, 0.1) is 11.8 Å². The normalized spacial score (nSPS) is 31.2. The van der Waals surface area contributed by atoms with E-state index in [0.29, 0.717) is 0 Å². The Morgan fingerprint density at radius 1 is 1.11 bits per heavy atom. The van der Waals surface area contributed by atoms with Crippen LogP contribution in [-0.4, -0.2) is 37.1 Å². The molecule has 18 heavy (non-hydrogen) atoms. The number of methoxy groups -OCH3 is 1. The quantitative estimate of drug-likeness (QED) is 0.724. The second-order valence-corrected chi connectivity index (χ2v) is 5.92. The Morgan fingerprint density at radius 3 is 2.22 bits per heavy atom. The molecule has 2 rings (SSSR count). The summed E-state index contributed by atoms with van der Waals surface area (Å²) >= 11 is 0. The fourth-order valence-electron chi connectivity index (χ4n) is 3.59. The van der Waals surface area contributed by atoms with Crippen molar-refractivity contribution in [1.29, 1.82) is 0 Å². The summed E-state index contributed by atoms with van der Waals surface area (Å²) in [5, 5.41) is 0. The minimum atomic E-state index is -0.00987. The number of piperidine rings is 1. The lowest BCUT2D eigenvalue weighted by molar-refractivity contribution is -0.147. The van der Waals surface area contributed by atoms with Crippen LogP contribution in [0.4, 0.5) is 0 Å². The van der Waals surface area contributed by atoms with Gasteiger partial charge in [0.05, 0.1) is 13.0 Å². The van der Waals surface area contributed by atoms with Gasteiger partial charge in [0.15, 0.2) is 0 Å². The molecule has 2 aliphatic rings. The third-order valence-electron chi connectivity index (χ3n) is 4.97. The minimum Gasteiger partial charge on any atom is -0.469 e. The highest BCUT2D eigenvalue weighted by Crippen LogP contribution is 2.31. The maximum absolute atomic E-state index is 11.5. The molecule has 104 valence electrons. The van der Waals surface area contributed by atoms with Gasteiger partial charge in [-0.1, -0.05) is 13.3 Å². The summed E-state index contributed by atoms with van der Waals surface area (Å²) in [6.07, 6.45) is 8.84. The Balaban J connectivity index is 1.75. The number of carbonyl (C=O) groups excluding carboxylic acids is 1. The maximum Gasteiger partial charge on any atom is 0.308 e. The van der Waals surface area contributed by atoms with Crippen LogP contribution in [0.25, 0.3) is 0 Å². The smallest absolute Gasteiger partial charge is 0.308 e. The molecule has 1 aliphatic heterocycles. The first-order chi connectivity index (χ1) is 8.74. The van der Waals surface area contributed by atoms with Gasteiger partial charge < -0.3 is 9.64 Å². The molecule has 3 nitrogen and oxygen atoms in total. The molecule has 0 N–H and O–H groups in total. The van der Waals surface area contributed by atoms with E-state index in [-0.39, 0.29) is 11.9 Å². The average molecular weight is 253 g/mol. The molecule has 1 saturated heterocycles. The Morgan fingerprint density at radius 2 is 1.72 bits per heavy atom. The van der Waals surface area contributed by atoms with Crippen LogP contribution >= 0.6 is 0 Å². The van der Waals surface area contributed by atoms with Crippen molar-refractivity contribution in [3.63, 3.8) is 0 Å². The maximum atomic E-state index is 11.5. The van der Waals surface area contributed by atoms with E-state index in [1.165, 1.54) is 39.2 Å². The summed E-state index contributed by atoms with van der Waals surface area (Å²) in [7, 11) is 1.50. The number of nitrogens with zero attached hydrogens (tertiary/aromatic N) is 1. The number of hydrogen-bond donors (Lipinski definition) is 0. The summed E-state index contributed by atoms with van der Waals surface area (Å²) in [6.45, 7) is 4.48.